The molecule has 1 atom stereocenters. The number of nitrogens with one attached hydrogen (secondary N) is 1. The van der Waals surface area contributed by atoms with Crippen LogP contribution in [0.2, 0.25) is 0 Å². The van der Waals surface area contributed by atoms with Crippen molar-refractivity contribution in [3.63, 3.8) is 0 Å². The Morgan fingerprint density at radius 1 is 1.23 bits per heavy atom. The van der Waals surface area contributed by atoms with Crippen LogP contribution in [-0.4, -0.2) is 53.7 Å². The van der Waals surface area contributed by atoms with Gasteiger partial charge in [-0.05, 0) is 49.4 Å². The number of piperazine rings is 1. The fraction of sp³-hybridized carbons (Fsp3) is 0.500. The Balaban J connectivity index is 0.00000243. The lowest BCUT2D eigenvalue weighted by atomic mass is 9.87. The summed E-state index contributed by atoms with van der Waals surface area (Å²) in [7, 11) is 0. The Hall–Kier alpha value is -2.28. The molecule has 1 aromatic rings. The van der Waals surface area contributed by atoms with Gasteiger partial charge in [0.25, 0.3) is 0 Å². The van der Waals surface area contributed by atoms with E-state index in [2.05, 4.69) is 5.32 Å². The highest BCUT2D eigenvalue weighted by Gasteiger charge is 2.33. The Morgan fingerprint density at radius 3 is 2.65 bits per heavy atom. The minimum atomic E-state index is -0.597. The number of hydrogen-bond acceptors (Lipinski definition) is 4. The van der Waals surface area contributed by atoms with Gasteiger partial charge in [0.2, 0.25) is 5.91 Å². The van der Waals surface area contributed by atoms with Crippen LogP contribution in [0.3, 0.4) is 0 Å². The fourth-order valence-electron chi connectivity index (χ4n) is 3.57. The summed E-state index contributed by atoms with van der Waals surface area (Å²) < 4.78 is 0. The molecule has 1 saturated heterocycles. The molecule has 1 heterocycles. The van der Waals surface area contributed by atoms with E-state index in [1.807, 2.05) is 25.1 Å². The number of amides is 3. The van der Waals surface area contributed by atoms with Gasteiger partial charge in [0.05, 0.1) is 6.04 Å². The smallest absolute Gasteiger partial charge is 0.312 e. The quantitative estimate of drug-likeness (QED) is 0.598. The number of nitrogens with two attached hydrogens (primary N) is 1. The van der Waals surface area contributed by atoms with Crippen LogP contribution in [0.5, 0.6) is 0 Å². The third-order valence-electron chi connectivity index (χ3n) is 4.93. The lowest BCUT2D eigenvalue weighted by Crippen LogP contribution is -2.56. The van der Waals surface area contributed by atoms with E-state index in [1.54, 1.807) is 0 Å². The minimum Gasteiger partial charge on any atom is -0.399 e. The molecular weight excluding hydrogens is 356 g/mol. The number of rotatable bonds is 4. The molecule has 142 valence electrons. The lowest BCUT2D eigenvalue weighted by Gasteiger charge is -2.33. The number of halogens is 1. The maximum absolute atomic E-state index is 12.4. The van der Waals surface area contributed by atoms with Crippen LogP contribution in [0.15, 0.2) is 18.2 Å². The molecule has 1 aromatic carbocycles. The van der Waals surface area contributed by atoms with Crippen molar-refractivity contribution in [2.75, 3.05) is 31.9 Å². The summed E-state index contributed by atoms with van der Waals surface area (Å²) in [6, 6.07) is 5.69. The normalized spacial score (nSPS) is 19.7. The minimum absolute atomic E-state index is 0. The zero-order valence-electron chi connectivity index (χ0n) is 14.9. The van der Waals surface area contributed by atoms with Gasteiger partial charge in [-0.15, -0.1) is 12.4 Å². The predicted molar refractivity (Wildman–Crippen MR) is 101 cm³/mol. The molecule has 1 aliphatic heterocycles. The third kappa shape index (κ3) is 4.09. The lowest BCUT2D eigenvalue weighted by molar-refractivity contribution is -0.156. The van der Waals surface area contributed by atoms with Gasteiger partial charge in [-0.3, -0.25) is 14.4 Å². The molecule has 0 aromatic heterocycles. The zero-order valence-corrected chi connectivity index (χ0v) is 15.7. The summed E-state index contributed by atoms with van der Waals surface area (Å²) in [4.78, 5) is 39.3. The van der Waals surface area contributed by atoms with Crippen molar-refractivity contribution in [1.82, 2.24) is 15.1 Å². The van der Waals surface area contributed by atoms with Crippen molar-refractivity contribution in [2.24, 2.45) is 0 Å². The molecule has 2 aliphatic rings. The van der Waals surface area contributed by atoms with Crippen LogP contribution in [0, 0.1) is 0 Å². The van der Waals surface area contributed by atoms with E-state index in [-0.39, 0.29) is 30.9 Å². The molecule has 1 aliphatic carbocycles. The van der Waals surface area contributed by atoms with Crippen molar-refractivity contribution < 1.29 is 14.4 Å². The van der Waals surface area contributed by atoms with Crippen LogP contribution in [0.25, 0.3) is 0 Å². The number of nitrogens with zero attached hydrogens (tertiary/aromatic N) is 2. The van der Waals surface area contributed by atoms with Gasteiger partial charge in [0.1, 0.15) is 6.54 Å². The van der Waals surface area contributed by atoms with Gasteiger partial charge >= 0.3 is 11.8 Å². The van der Waals surface area contributed by atoms with Crippen molar-refractivity contribution >= 4 is 35.8 Å². The molecule has 1 unspecified atom stereocenters. The number of carbonyl (C=O) groups excluding carboxylic acids is 3. The first-order chi connectivity index (χ1) is 12.0. The number of carbonyl (C=O) groups is 3. The fourth-order valence-corrected chi connectivity index (χ4v) is 3.57. The Morgan fingerprint density at radius 2 is 1.92 bits per heavy atom. The molecule has 7 nitrogen and oxygen atoms in total. The Kier molecular flexibility index (Phi) is 6.47. The summed E-state index contributed by atoms with van der Waals surface area (Å²) in [5.74, 6) is -1.36. The van der Waals surface area contributed by atoms with Gasteiger partial charge in [-0.1, -0.05) is 6.07 Å². The van der Waals surface area contributed by atoms with E-state index < -0.39 is 11.8 Å². The zero-order chi connectivity index (χ0) is 18.0. The molecule has 0 spiro atoms. The maximum atomic E-state index is 12.4. The highest BCUT2D eigenvalue weighted by atomic mass is 35.5. The molecule has 26 heavy (non-hydrogen) atoms. The van der Waals surface area contributed by atoms with Crippen LogP contribution in [0.4, 0.5) is 5.69 Å². The average molecular weight is 381 g/mol. The Bertz CT molecular complexity index is 710. The standard InChI is InChI=1S/C18H24N4O3.ClH/c1-2-21-8-9-22(18(25)17(21)24)11-16(23)20-15-5-3-4-12-10-13(19)6-7-14(12)15;/h6-7,10,15H,2-5,8-9,11,19H2,1H3,(H,20,23);1H. The van der Waals surface area contributed by atoms with E-state index >= 15 is 0 Å². The van der Waals surface area contributed by atoms with E-state index in [0.717, 1.165) is 30.5 Å². The SMILES string of the molecule is CCN1CCN(CC(=O)NC2CCCc3cc(N)ccc32)C(=O)C1=O.Cl. The summed E-state index contributed by atoms with van der Waals surface area (Å²) in [6.07, 6.45) is 2.80. The molecule has 0 bridgehead atoms. The third-order valence-corrected chi connectivity index (χ3v) is 4.93. The van der Waals surface area contributed by atoms with Gasteiger partial charge in [0, 0.05) is 25.3 Å². The summed E-state index contributed by atoms with van der Waals surface area (Å²) in [5.41, 5.74) is 8.82. The second kappa shape index (κ2) is 8.40. The van der Waals surface area contributed by atoms with E-state index in [4.69, 9.17) is 5.73 Å². The highest BCUT2D eigenvalue weighted by molar-refractivity contribution is 6.35. The van der Waals surface area contributed by atoms with Crippen molar-refractivity contribution in [1.29, 1.82) is 0 Å². The number of hydrogen-bond donors (Lipinski definition) is 2. The van der Waals surface area contributed by atoms with E-state index in [1.165, 1.54) is 15.4 Å². The number of aryl methyl sites for hydroxylation is 1. The van der Waals surface area contributed by atoms with Gasteiger partial charge in [-0.2, -0.15) is 0 Å². The first kappa shape index (κ1) is 20.0. The van der Waals surface area contributed by atoms with Gasteiger partial charge < -0.3 is 20.9 Å². The Labute approximate surface area is 159 Å². The number of anilines is 1. The summed E-state index contributed by atoms with van der Waals surface area (Å²) in [6.45, 7) is 3.12. The maximum Gasteiger partial charge on any atom is 0.312 e. The summed E-state index contributed by atoms with van der Waals surface area (Å²) in [5, 5.41) is 3.00. The number of benzene rings is 1. The molecule has 8 heteroatoms. The van der Waals surface area contributed by atoms with Crippen molar-refractivity contribution in [3.8, 4) is 0 Å². The predicted octanol–water partition coefficient (Wildman–Crippen LogP) is 0.875. The van der Waals surface area contributed by atoms with E-state index in [9.17, 15) is 14.4 Å². The van der Waals surface area contributed by atoms with Crippen LogP contribution < -0.4 is 11.1 Å². The molecule has 3 N–H and O–H groups in total. The molecule has 0 saturated carbocycles. The first-order valence-corrected chi connectivity index (χ1v) is 8.75. The van der Waals surface area contributed by atoms with Crippen LogP contribution >= 0.6 is 12.4 Å². The number of likely N-dealkylation sites (N-methyl/N-ethyl adjacent to an activating group) is 1. The molecular formula is C18H25ClN4O3. The second-order valence-corrected chi connectivity index (χ2v) is 6.58. The highest BCUT2D eigenvalue weighted by Crippen LogP contribution is 2.30. The number of fused-ring (bicyclic) bond motifs is 1. The molecule has 3 rings (SSSR count). The first-order valence-electron chi connectivity index (χ1n) is 8.75. The largest absolute Gasteiger partial charge is 0.399 e. The molecule has 0 radical (unpaired) electrons. The van der Waals surface area contributed by atoms with Gasteiger partial charge in [-0.25, -0.2) is 0 Å². The second-order valence-electron chi connectivity index (χ2n) is 6.58. The van der Waals surface area contributed by atoms with Crippen LogP contribution in [0.1, 0.15) is 36.9 Å². The average Bonchev–Trinajstić information content (AvgIpc) is 2.59. The summed E-state index contributed by atoms with van der Waals surface area (Å²) >= 11 is 0. The molecule has 3 amide bonds. The monoisotopic (exact) mass is 380 g/mol. The van der Waals surface area contributed by atoms with E-state index in [0.29, 0.717) is 19.6 Å². The topological polar surface area (TPSA) is 95.7 Å². The van der Waals surface area contributed by atoms with Crippen LogP contribution in [-0.2, 0) is 20.8 Å². The van der Waals surface area contributed by atoms with Gasteiger partial charge in [0.15, 0.2) is 0 Å². The molecule has 1 fully saturated rings. The van der Waals surface area contributed by atoms with Crippen molar-refractivity contribution in [2.45, 2.75) is 32.2 Å². The number of nitrogen functional groups attached to an aromatic ring is 1. The van der Waals surface area contributed by atoms with Crippen molar-refractivity contribution in [3.05, 3.63) is 29.3 Å².